The van der Waals surface area contributed by atoms with Crippen LogP contribution >= 0.6 is 0 Å². The van der Waals surface area contributed by atoms with Gasteiger partial charge in [0.05, 0.1) is 0 Å². The van der Waals surface area contributed by atoms with E-state index < -0.39 is 0 Å². The minimum atomic E-state index is 0.189. The summed E-state index contributed by atoms with van der Waals surface area (Å²) < 4.78 is 0. The van der Waals surface area contributed by atoms with Crippen molar-refractivity contribution in [3.8, 4) is 0 Å². The molecule has 2 atom stereocenters. The Morgan fingerprint density at radius 3 is 2.88 bits per heavy atom. The fourth-order valence-corrected chi connectivity index (χ4v) is 2.84. The first-order chi connectivity index (χ1) is 7.76. The maximum atomic E-state index is 8.75. The highest BCUT2D eigenvalue weighted by molar-refractivity contribution is 4.94. The molecule has 3 heteroatoms. The number of unbranched alkanes of at least 4 members (excludes halogenated alkanes) is 1. The van der Waals surface area contributed by atoms with Gasteiger partial charge < -0.3 is 16.2 Å². The van der Waals surface area contributed by atoms with Crippen LogP contribution in [-0.2, 0) is 0 Å². The Morgan fingerprint density at radius 1 is 1.44 bits per heavy atom. The van der Waals surface area contributed by atoms with Crippen molar-refractivity contribution in [3.05, 3.63) is 0 Å². The zero-order chi connectivity index (χ0) is 11.9. The number of aliphatic hydroxyl groups is 1. The Hall–Kier alpha value is -0.120. The summed E-state index contributed by atoms with van der Waals surface area (Å²) in [7, 11) is 0. The summed E-state index contributed by atoms with van der Waals surface area (Å²) in [5.41, 5.74) is 6.15. The van der Waals surface area contributed by atoms with Gasteiger partial charge in [0.2, 0.25) is 0 Å². The van der Waals surface area contributed by atoms with Crippen molar-refractivity contribution in [1.29, 1.82) is 0 Å². The van der Waals surface area contributed by atoms with Gasteiger partial charge in [0.25, 0.3) is 0 Å². The average molecular weight is 228 g/mol. The standard InChI is InChI=1S/C13H28N2O/c1-2-12-6-5-7-13(10-12,11-14)15-8-3-4-9-16/h12,15-16H,2-11,14H2,1H3. The fourth-order valence-electron chi connectivity index (χ4n) is 2.84. The van der Waals surface area contributed by atoms with Crippen LogP contribution in [-0.4, -0.2) is 30.3 Å². The first kappa shape index (κ1) is 13.9. The molecule has 0 spiro atoms. The molecule has 1 aliphatic rings. The topological polar surface area (TPSA) is 58.3 Å². The lowest BCUT2D eigenvalue weighted by Gasteiger charge is -2.41. The highest BCUT2D eigenvalue weighted by Gasteiger charge is 2.33. The molecule has 1 fully saturated rings. The summed E-state index contributed by atoms with van der Waals surface area (Å²) in [5.74, 6) is 0.850. The first-order valence-electron chi connectivity index (χ1n) is 6.82. The minimum Gasteiger partial charge on any atom is -0.396 e. The number of nitrogens with two attached hydrogens (primary N) is 1. The molecular weight excluding hydrogens is 200 g/mol. The molecule has 0 aromatic heterocycles. The van der Waals surface area contributed by atoms with E-state index in [9.17, 15) is 0 Å². The van der Waals surface area contributed by atoms with Crippen molar-refractivity contribution in [1.82, 2.24) is 5.32 Å². The highest BCUT2D eigenvalue weighted by atomic mass is 16.2. The minimum absolute atomic E-state index is 0.189. The quantitative estimate of drug-likeness (QED) is 0.581. The molecule has 1 aliphatic carbocycles. The van der Waals surface area contributed by atoms with Crippen LogP contribution in [0.4, 0.5) is 0 Å². The van der Waals surface area contributed by atoms with E-state index in [0.29, 0.717) is 6.61 Å². The molecule has 0 heterocycles. The van der Waals surface area contributed by atoms with Crippen LogP contribution in [0.5, 0.6) is 0 Å². The number of rotatable bonds is 7. The second kappa shape index (κ2) is 7.25. The number of hydrogen-bond acceptors (Lipinski definition) is 3. The van der Waals surface area contributed by atoms with Crippen LogP contribution in [0.15, 0.2) is 0 Å². The van der Waals surface area contributed by atoms with Crippen molar-refractivity contribution >= 4 is 0 Å². The van der Waals surface area contributed by atoms with E-state index in [0.717, 1.165) is 31.8 Å². The molecule has 0 aromatic carbocycles. The van der Waals surface area contributed by atoms with Gasteiger partial charge in [0.1, 0.15) is 0 Å². The Morgan fingerprint density at radius 2 is 2.25 bits per heavy atom. The van der Waals surface area contributed by atoms with Crippen LogP contribution in [0.2, 0.25) is 0 Å². The molecule has 1 rings (SSSR count). The van der Waals surface area contributed by atoms with Gasteiger partial charge >= 0.3 is 0 Å². The smallest absolute Gasteiger partial charge is 0.0431 e. The van der Waals surface area contributed by atoms with Crippen LogP contribution in [0.25, 0.3) is 0 Å². The molecule has 96 valence electrons. The van der Waals surface area contributed by atoms with Crippen LogP contribution in [0.1, 0.15) is 51.9 Å². The molecule has 1 saturated carbocycles. The molecule has 2 unspecified atom stereocenters. The van der Waals surface area contributed by atoms with Gasteiger partial charge in [-0.1, -0.05) is 26.2 Å². The highest BCUT2D eigenvalue weighted by Crippen LogP contribution is 2.33. The largest absolute Gasteiger partial charge is 0.396 e. The summed E-state index contributed by atoms with van der Waals surface area (Å²) in [6, 6.07) is 0. The van der Waals surface area contributed by atoms with Gasteiger partial charge in [-0.15, -0.1) is 0 Å². The van der Waals surface area contributed by atoms with Gasteiger partial charge in [-0.3, -0.25) is 0 Å². The molecule has 0 radical (unpaired) electrons. The van der Waals surface area contributed by atoms with E-state index in [1.165, 1.54) is 32.1 Å². The Balaban J connectivity index is 2.36. The van der Waals surface area contributed by atoms with Crippen molar-refractivity contribution < 1.29 is 5.11 Å². The monoisotopic (exact) mass is 228 g/mol. The van der Waals surface area contributed by atoms with E-state index >= 15 is 0 Å². The van der Waals surface area contributed by atoms with E-state index in [2.05, 4.69) is 12.2 Å². The zero-order valence-electron chi connectivity index (χ0n) is 10.7. The van der Waals surface area contributed by atoms with E-state index in [-0.39, 0.29) is 5.54 Å². The van der Waals surface area contributed by atoms with Crippen LogP contribution in [0, 0.1) is 5.92 Å². The van der Waals surface area contributed by atoms with Crippen LogP contribution < -0.4 is 11.1 Å². The number of aliphatic hydroxyl groups excluding tert-OH is 1. The SMILES string of the molecule is CCC1CCCC(CN)(NCCCCO)C1. The summed E-state index contributed by atoms with van der Waals surface area (Å²) in [4.78, 5) is 0. The van der Waals surface area contributed by atoms with Gasteiger partial charge in [0.15, 0.2) is 0 Å². The Bertz CT molecular complexity index is 187. The van der Waals surface area contributed by atoms with Gasteiger partial charge in [-0.25, -0.2) is 0 Å². The maximum absolute atomic E-state index is 8.75. The lowest BCUT2D eigenvalue weighted by Crippen LogP contribution is -2.54. The van der Waals surface area contributed by atoms with Crippen molar-refractivity contribution in [2.45, 2.75) is 57.4 Å². The summed E-state index contributed by atoms with van der Waals surface area (Å²) in [5, 5.41) is 12.4. The second-order valence-corrected chi connectivity index (χ2v) is 5.21. The van der Waals surface area contributed by atoms with Crippen molar-refractivity contribution in [2.24, 2.45) is 11.7 Å². The third-order valence-corrected chi connectivity index (χ3v) is 4.00. The van der Waals surface area contributed by atoms with Crippen molar-refractivity contribution in [3.63, 3.8) is 0 Å². The molecule has 0 aromatic rings. The second-order valence-electron chi connectivity index (χ2n) is 5.21. The van der Waals surface area contributed by atoms with Gasteiger partial charge in [0, 0.05) is 18.7 Å². The normalized spacial score (nSPS) is 30.6. The van der Waals surface area contributed by atoms with E-state index in [1.807, 2.05) is 0 Å². The average Bonchev–Trinajstić information content (AvgIpc) is 2.35. The third kappa shape index (κ3) is 4.04. The number of hydrogen-bond donors (Lipinski definition) is 3. The molecule has 0 saturated heterocycles. The molecule has 0 aliphatic heterocycles. The fraction of sp³-hybridized carbons (Fsp3) is 1.00. The Kier molecular flexibility index (Phi) is 6.32. The summed E-state index contributed by atoms with van der Waals surface area (Å²) in [6.07, 6.45) is 8.36. The van der Waals surface area contributed by atoms with E-state index in [4.69, 9.17) is 10.8 Å². The molecule has 4 N–H and O–H groups in total. The lowest BCUT2D eigenvalue weighted by molar-refractivity contribution is 0.178. The van der Waals surface area contributed by atoms with Crippen molar-refractivity contribution in [2.75, 3.05) is 19.7 Å². The molecular formula is C13H28N2O. The predicted molar refractivity (Wildman–Crippen MR) is 68.4 cm³/mol. The summed E-state index contributed by atoms with van der Waals surface area (Å²) in [6.45, 7) is 4.33. The van der Waals surface area contributed by atoms with Crippen LogP contribution in [0.3, 0.4) is 0 Å². The van der Waals surface area contributed by atoms with Gasteiger partial charge in [-0.2, -0.15) is 0 Å². The number of nitrogens with one attached hydrogen (secondary N) is 1. The van der Waals surface area contributed by atoms with Gasteiger partial charge in [-0.05, 0) is 38.1 Å². The summed E-state index contributed by atoms with van der Waals surface area (Å²) >= 11 is 0. The first-order valence-corrected chi connectivity index (χ1v) is 6.82. The molecule has 16 heavy (non-hydrogen) atoms. The maximum Gasteiger partial charge on any atom is 0.0431 e. The molecule has 0 bridgehead atoms. The molecule has 3 nitrogen and oxygen atoms in total. The third-order valence-electron chi connectivity index (χ3n) is 4.00. The molecule has 0 amide bonds. The van der Waals surface area contributed by atoms with E-state index in [1.54, 1.807) is 0 Å². The lowest BCUT2D eigenvalue weighted by atomic mass is 9.74. The zero-order valence-corrected chi connectivity index (χ0v) is 10.7. The Labute approximate surface area is 99.8 Å². The predicted octanol–water partition coefficient (Wildman–Crippen LogP) is 1.65.